The number of aromatic nitrogens is 2. The number of hydrogen-bond donors (Lipinski definition) is 0. The van der Waals surface area contributed by atoms with Gasteiger partial charge in [0, 0.05) is 20.4 Å². The predicted molar refractivity (Wildman–Crippen MR) is 39.3 cm³/mol. The van der Waals surface area contributed by atoms with Gasteiger partial charge in [-0.25, -0.2) is 0 Å². The molecule has 0 aliphatic rings. The van der Waals surface area contributed by atoms with Crippen LogP contribution in [0.3, 0.4) is 0 Å². The van der Waals surface area contributed by atoms with Gasteiger partial charge in [-0.2, -0.15) is 5.10 Å². The van der Waals surface area contributed by atoms with Crippen LogP contribution in [0.25, 0.3) is 0 Å². The van der Waals surface area contributed by atoms with Crippen molar-refractivity contribution >= 4 is 13.3 Å². The number of rotatable bonds is 2. The standard InChI is InChI=1S/C6H9BN2O/c1-9-3-5(7)6(8-9)4-10-2/h3H,4H2,1-2H3. The van der Waals surface area contributed by atoms with Crippen LogP contribution in [0.1, 0.15) is 5.69 Å². The molecule has 0 aliphatic carbocycles. The highest BCUT2D eigenvalue weighted by molar-refractivity contribution is 6.32. The summed E-state index contributed by atoms with van der Waals surface area (Å²) in [5.74, 6) is 0. The lowest BCUT2D eigenvalue weighted by Crippen LogP contribution is -2.06. The second kappa shape index (κ2) is 2.88. The summed E-state index contributed by atoms with van der Waals surface area (Å²) in [5, 5.41) is 4.07. The molecule has 1 heterocycles. The van der Waals surface area contributed by atoms with Gasteiger partial charge < -0.3 is 4.74 Å². The van der Waals surface area contributed by atoms with E-state index in [1.54, 1.807) is 18.0 Å². The van der Waals surface area contributed by atoms with E-state index in [1.807, 2.05) is 7.05 Å². The van der Waals surface area contributed by atoms with E-state index in [2.05, 4.69) is 5.10 Å². The highest BCUT2D eigenvalue weighted by atomic mass is 16.5. The fourth-order valence-corrected chi connectivity index (χ4v) is 0.802. The Balaban J connectivity index is 2.81. The van der Waals surface area contributed by atoms with E-state index in [1.165, 1.54) is 0 Å². The third-order valence-electron chi connectivity index (χ3n) is 1.22. The molecule has 0 bridgehead atoms. The molecule has 1 aromatic rings. The molecule has 0 aliphatic heterocycles. The van der Waals surface area contributed by atoms with Crippen LogP contribution in [-0.2, 0) is 18.4 Å². The van der Waals surface area contributed by atoms with Gasteiger partial charge in [-0.3, -0.25) is 4.68 Å². The van der Waals surface area contributed by atoms with Gasteiger partial charge in [-0.1, -0.05) is 5.46 Å². The minimum Gasteiger partial charge on any atom is -0.378 e. The van der Waals surface area contributed by atoms with Gasteiger partial charge >= 0.3 is 0 Å². The van der Waals surface area contributed by atoms with Gasteiger partial charge in [0.15, 0.2) is 0 Å². The van der Waals surface area contributed by atoms with Crippen LogP contribution in [0.4, 0.5) is 0 Å². The Morgan fingerprint density at radius 1 is 1.80 bits per heavy atom. The summed E-state index contributed by atoms with van der Waals surface area (Å²) in [7, 11) is 9.01. The first-order valence-electron chi connectivity index (χ1n) is 3.01. The highest BCUT2D eigenvalue weighted by Crippen LogP contribution is 1.90. The van der Waals surface area contributed by atoms with E-state index in [9.17, 15) is 0 Å². The first kappa shape index (κ1) is 7.34. The maximum Gasteiger partial charge on any atom is 0.118 e. The van der Waals surface area contributed by atoms with Gasteiger partial charge in [0.25, 0.3) is 0 Å². The van der Waals surface area contributed by atoms with Crippen LogP contribution >= 0.6 is 0 Å². The second-order valence-electron chi connectivity index (χ2n) is 2.14. The lowest BCUT2D eigenvalue weighted by Gasteiger charge is -1.93. The van der Waals surface area contributed by atoms with Crippen LogP contribution in [-0.4, -0.2) is 24.7 Å². The molecule has 4 heteroatoms. The first-order valence-corrected chi connectivity index (χ1v) is 3.01. The Morgan fingerprint density at radius 2 is 2.50 bits per heavy atom. The molecule has 0 N–H and O–H groups in total. The monoisotopic (exact) mass is 136 g/mol. The number of nitrogens with zero attached hydrogens (tertiary/aromatic N) is 2. The Kier molecular flexibility index (Phi) is 2.11. The van der Waals surface area contributed by atoms with Crippen molar-refractivity contribution < 1.29 is 4.74 Å². The molecule has 0 spiro atoms. The lowest BCUT2D eigenvalue weighted by atomic mass is 9.97. The maximum absolute atomic E-state index is 5.56. The quantitative estimate of drug-likeness (QED) is 0.505. The Hall–Kier alpha value is -0.765. The molecule has 0 saturated carbocycles. The van der Waals surface area contributed by atoms with Crippen molar-refractivity contribution in [3.63, 3.8) is 0 Å². The molecular formula is C6H9BN2O. The Morgan fingerprint density at radius 3 is 2.90 bits per heavy atom. The zero-order chi connectivity index (χ0) is 7.56. The van der Waals surface area contributed by atoms with E-state index < -0.39 is 0 Å². The summed E-state index contributed by atoms with van der Waals surface area (Å²) in [6.07, 6.45) is 1.76. The summed E-state index contributed by atoms with van der Waals surface area (Å²) < 4.78 is 6.54. The van der Waals surface area contributed by atoms with Gasteiger partial charge in [0.05, 0.1) is 12.3 Å². The average Bonchev–Trinajstić information content (AvgIpc) is 2.13. The molecule has 10 heavy (non-hydrogen) atoms. The molecule has 2 radical (unpaired) electrons. The summed E-state index contributed by atoms with van der Waals surface area (Å²) in [4.78, 5) is 0. The summed E-state index contributed by atoms with van der Waals surface area (Å²) in [5.41, 5.74) is 1.48. The molecule has 3 nitrogen and oxygen atoms in total. The Labute approximate surface area is 61.4 Å². The molecule has 1 aromatic heterocycles. The summed E-state index contributed by atoms with van der Waals surface area (Å²) in [6.45, 7) is 0.479. The number of aryl methyl sites for hydroxylation is 1. The first-order chi connectivity index (χ1) is 4.74. The zero-order valence-electron chi connectivity index (χ0n) is 6.16. The number of ether oxygens (including phenoxy) is 1. The van der Waals surface area contributed by atoms with Gasteiger partial charge in [-0.05, 0) is 0 Å². The molecule has 0 amide bonds. The second-order valence-corrected chi connectivity index (χ2v) is 2.14. The summed E-state index contributed by atoms with van der Waals surface area (Å²) in [6, 6.07) is 0. The topological polar surface area (TPSA) is 27.1 Å². The van der Waals surface area contributed by atoms with Gasteiger partial charge in [-0.15, -0.1) is 0 Å². The van der Waals surface area contributed by atoms with Crippen molar-refractivity contribution in [3.05, 3.63) is 11.9 Å². The van der Waals surface area contributed by atoms with Crippen molar-refractivity contribution in [3.8, 4) is 0 Å². The molecule has 52 valence electrons. The van der Waals surface area contributed by atoms with Crippen LogP contribution in [0.2, 0.25) is 0 Å². The van der Waals surface area contributed by atoms with Crippen molar-refractivity contribution in [2.24, 2.45) is 7.05 Å². The molecular weight excluding hydrogens is 127 g/mol. The molecule has 1 rings (SSSR count). The molecule has 0 aromatic carbocycles. The SMILES string of the molecule is [B]c1cn(C)nc1COC. The molecule has 0 fully saturated rings. The van der Waals surface area contributed by atoms with E-state index in [-0.39, 0.29) is 0 Å². The zero-order valence-corrected chi connectivity index (χ0v) is 6.16. The molecule has 0 saturated heterocycles. The molecule has 0 unspecified atom stereocenters. The van der Waals surface area contributed by atoms with Gasteiger partial charge in [0.1, 0.15) is 7.85 Å². The molecule has 0 atom stereocenters. The van der Waals surface area contributed by atoms with E-state index in [0.29, 0.717) is 12.1 Å². The number of hydrogen-bond acceptors (Lipinski definition) is 2. The van der Waals surface area contributed by atoms with E-state index in [4.69, 9.17) is 12.6 Å². The third-order valence-corrected chi connectivity index (χ3v) is 1.22. The minimum absolute atomic E-state index is 0.479. The van der Waals surface area contributed by atoms with Crippen molar-refractivity contribution in [1.29, 1.82) is 0 Å². The van der Waals surface area contributed by atoms with Crippen LogP contribution in [0.5, 0.6) is 0 Å². The van der Waals surface area contributed by atoms with Crippen LogP contribution in [0, 0.1) is 0 Å². The Bertz CT molecular complexity index is 222. The maximum atomic E-state index is 5.56. The normalized spacial score (nSPS) is 10.2. The van der Waals surface area contributed by atoms with Crippen LogP contribution in [0.15, 0.2) is 6.20 Å². The fraction of sp³-hybridized carbons (Fsp3) is 0.500. The largest absolute Gasteiger partial charge is 0.378 e. The van der Waals surface area contributed by atoms with Gasteiger partial charge in [0.2, 0.25) is 0 Å². The van der Waals surface area contributed by atoms with Crippen molar-refractivity contribution in [2.75, 3.05) is 7.11 Å². The lowest BCUT2D eigenvalue weighted by molar-refractivity contribution is 0.181. The third kappa shape index (κ3) is 1.39. The van der Waals surface area contributed by atoms with Crippen molar-refractivity contribution in [2.45, 2.75) is 6.61 Å². The highest BCUT2D eigenvalue weighted by Gasteiger charge is 1.99. The summed E-state index contributed by atoms with van der Waals surface area (Å²) >= 11 is 0. The van der Waals surface area contributed by atoms with Crippen molar-refractivity contribution in [1.82, 2.24) is 9.78 Å². The average molecular weight is 136 g/mol. The minimum atomic E-state index is 0.479. The van der Waals surface area contributed by atoms with Crippen LogP contribution < -0.4 is 5.46 Å². The van der Waals surface area contributed by atoms with E-state index in [0.717, 1.165) is 5.69 Å². The predicted octanol–water partition coefficient (Wildman–Crippen LogP) is -0.640. The smallest absolute Gasteiger partial charge is 0.118 e. The van der Waals surface area contributed by atoms with E-state index >= 15 is 0 Å². The number of methoxy groups -OCH3 is 1. The fourth-order valence-electron chi connectivity index (χ4n) is 0.802.